The summed E-state index contributed by atoms with van der Waals surface area (Å²) in [6.45, 7) is 1.27. The van der Waals surface area contributed by atoms with Gasteiger partial charge in [0.25, 0.3) is 5.91 Å². The SMILES string of the molecule is O=C(CCCNC(=O)c1ccc(F)cc1F)NCc1ccccc1Cn1ccnc1. The van der Waals surface area contributed by atoms with Gasteiger partial charge in [-0.15, -0.1) is 0 Å². The molecule has 1 aromatic heterocycles. The molecule has 1 heterocycles. The molecule has 3 rings (SSSR count). The lowest BCUT2D eigenvalue weighted by Gasteiger charge is -2.11. The van der Waals surface area contributed by atoms with Crippen LogP contribution in [0.4, 0.5) is 8.78 Å². The van der Waals surface area contributed by atoms with Crippen LogP contribution in [0.3, 0.4) is 0 Å². The second-order valence-corrected chi connectivity index (χ2v) is 6.76. The number of nitrogens with zero attached hydrogens (tertiary/aromatic N) is 2. The zero-order valence-corrected chi connectivity index (χ0v) is 16.3. The molecule has 0 aliphatic carbocycles. The van der Waals surface area contributed by atoms with Crippen molar-refractivity contribution in [1.29, 1.82) is 0 Å². The predicted octanol–water partition coefficient (Wildman–Crippen LogP) is 3.04. The number of carbonyl (C=O) groups is 2. The Balaban J connectivity index is 1.41. The number of hydrogen-bond donors (Lipinski definition) is 2. The summed E-state index contributed by atoms with van der Waals surface area (Å²) in [5, 5.41) is 5.41. The van der Waals surface area contributed by atoms with Crippen LogP contribution in [0.5, 0.6) is 0 Å². The molecule has 0 radical (unpaired) electrons. The molecule has 156 valence electrons. The number of rotatable bonds is 9. The summed E-state index contributed by atoms with van der Waals surface area (Å²) in [5.74, 6) is -2.44. The predicted molar refractivity (Wildman–Crippen MR) is 108 cm³/mol. The fourth-order valence-electron chi connectivity index (χ4n) is 2.96. The summed E-state index contributed by atoms with van der Waals surface area (Å²) in [5.41, 5.74) is 1.87. The van der Waals surface area contributed by atoms with Gasteiger partial charge in [-0.05, 0) is 29.7 Å². The van der Waals surface area contributed by atoms with E-state index in [1.807, 2.05) is 35.0 Å². The van der Waals surface area contributed by atoms with Gasteiger partial charge in [-0.25, -0.2) is 13.8 Å². The van der Waals surface area contributed by atoms with E-state index in [4.69, 9.17) is 0 Å². The van der Waals surface area contributed by atoms with E-state index in [2.05, 4.69) is 15.6 Å². The third kappa shape index (κ3) is 5.97. The lowest BCUT2D eigenvalue weighted by Crippen LogP contribution is -2.28. The molecule has 0 atom stereocenters. The number of imidazole rings is 1. The average molecular weight is 412 g/mol. The smallest absolute Gasteiger partial charge is 0.254 e. The zero-order chi connectivity index (χ0) is 21.3. The summed E-state index contributed by atoms with van der Waals surface area (Å²) in [4.78, 5) is 28.1. The Morgan fingerprint density at radius 2 is 1.83 bits per heavy atom. The molecule has 0 aliphatic heterocycles. The van der Waals surface area contributed by atoms with E-state index in [1.165, 1.54) is 0 Å². The minimum atomic E-state index is -0.917. The molecule has 0 unspecified atom stereocenters. The largest absolute Gasteiger partial charge is 0.352 e. The van der Waals surface area contributed by atoms with Crippen LogP contribution in [0, 0.1) is 11.6 Å². The Morgan fingerprint density at radius 1 is 1.03 bits per heavy atom. The summed E-state index contributed by atoms with van der Waals surface area (Å²) < 4.78 is 28.4. The number of carbonyl (C=O) groups excluding carboxylic acids is 2. The second-order valence-electron chi connectivity index (χ2n) is 6.76. The van der Waals surface area contributed by atoms with Crippen molar-refractivity contribution >= 4 is 11.8 Å². The monoisotopic (exact) mass is 412 g/mol. The molecule has 0 aliphatic rings. The van der Waals surface area contributed by atoms with Gasteiger partial charge in [-0.2, -0.15) is 0 Å². The van der Waals surface area contributed by atoms with E-state index >= 15 is 0 Å². The van der Waals surface area contributed by atoms with Crippen LogP contribution in [-0.2, 0) is 17.9 Å². The molecule has 2 N–H and O–H groups in total. The fourth-order valence-corrected chi connectivity index (χ4v) is 2.96. The van der Waals surface area contributed by atoms with Gasteiger partial charge in [0.1, 0.15) is 11.6 Å². The highest BCUT2D eigenvalue weighted by molar-refractivity contribution is 5.94. The standard InChI is InChI=1S/C22H22F2N4O2/c23-18-7-8-19(20(24)12-18)22(30)26-9-3-6-21(29)27-13-16-4-1-2-5-17(16)14-28-11-10-25-15-28/h1-2,4-5,7-8,10-12,15H,3,6,9,13-14H2,(H,26,30)(H,27,29). The van der Waals surface area contributed by atoms with Crippen molar-refractivity contribution in [1.82, 2.24) is 20.2 Å². The molecule has 30 heavy (non-hydrogen) atoms. The quantitative estimate of drug-likeness (QED) is 0.531. The van der Waals surface area contributed by atoms with Crippen LogP contribution in [0.2, 0.25) is 0 Å². The van der Waals surface area contributed by atoms with E-state index in [0.717, 1.165) is 23.3 Å². The summed E-state index contributed by atoms with van der Waals surface area (Å²) in [6, 6.07) is 10.6. The Labute approximate surface area is 172 Å². The molecular weight excluding hydrogens is 390 g/mol. The van der Waals surface area contributed by atoms with Crippen molar-refractivity contribution < 1.29 is 18.4 Å². The van der Waals surface area contributed by atoms with Gasteiger partial charge in [0.15, 0.2) is 0 Å². The molecule has 0 spiro atoms. The Bertz CT molecular complexity index is 1010. The average Bonchev–Trinajstić information content (AvgIpc) is 3.23. The highest BCUT2D eigenvalue weighted by Crippen LogP contribution is 2.11. The van der Waals surface area contributed by atoms with Crippen LogP contribution in [0.15, 0.2) is 61.2 Å². The van der Waals surface area contributed by atoms with E-state index < -0.39 is 17.5 Å². The van der Waals surface area contributed by atoms with Crippen molar-refractivity contribution in [2.24, 2.45) is 0 Å². The Kier molecular flexibility index (Phi) is 7.26. The molecule has 2 aromatic carbocycles. The Morgan fingerprint density at radius 3 is 2.57 bits per heavy atom. The maximum Gasteiger partial charge on any atom is 0.254 e. The number of amides is 2. The van der Waals surface area contributed by atoms with E-state index in [0.29, 0.717) is 25.6 Å². The maximum absolute atomic E-state index is 13.6. The summed E-state index contributed by atoms with van der Waals surface area (Å²) in [7, 11) is 0. The highest BCUT2D eigenvalue weighted by atomic mass is 19.1. The first-order valence-electron chi connectivity index (χ1n) is 9.55. The molecule has 0 bridgehead atoms. The topological polar surface area (TPSA) is 76.0 Å². The van der Waals surface area contributed by atoms with Crippen LogP contribution >= 0.6 is 0 Å². The van der Waals surface area contributed by atoms with E-state index in [1.54, 1.807) is 12.5 Å². The van der Waals surface area contributed by atoms with Gasteiger partial charge in [0.2, 0.25) is 5.91 Å². The third-order valence-corrected chi connectivity index (χ3v) is 4.55. The van der Waals surface area contributed by atoms with Gasteiger partial charge in [-0.3, -0.25) is 9.59 Å². The first kappa shape index (κ1) is 21.2. The van der Waals surface area contributed by atoms with Gasteiger partial charge < -0.3 is 15.2 Å². The molecular formula is C22H22F2N4O2. The van der Waals surface area contributed by atoms with Crippen molar-refractivity contribution in [2.45, 2.75) is 25.9 Å². The van der Waals surface area contributed by atoms with Crippen LogP contribution in [0.25, 0.3) is 0 Å². The minimum absolute atomic E-state index is 0.144. The number of halogens is 2. The summed E-state index contributed by atoms with van der Waals surface area (Å²) >= 11 is 0. The molecule has 8 heteroatoms. The molecule has 0 fully saturated rings. The van der Waals surface area contributed by atoms with Gasteiger partial charge >= 0.3 is 0 Å². The lowest BCUT2D eigenvalue weighted by molar-refractivity contribution is -0.121. The zero-order valence-electron chi connectivity index (χ0n) is 16.3. The molecule has 6 nitrogen and oxygen atoms in total. The number of aromatic nitrogens is 2. The van der Waals surface area contributed by atoms with Crippen LogP contribution < -0.4 is 10.6 Å². The number of hydrogen-bond acceptors (Lipinski definition) is 3. The maximum atomic E-state index is 13.6. The molecule has 3 aromatic rings. The molecule has 0 saturated carbocycles. The van der Waals surface area contributed by atoms with Crippen LogP contribution in [-0.4, -0.2) is 27.9 Å². The van der Waals surface area contributed by atoms with Gasteiger partial charge in [-0.1, -0.05) is 24.3 Å². The van der Waals surface area contributed by atoms with Crippen molar-refractivity contribution in [3.8, 4) is 0 Å². The second kappa shape index (κ2) is 10.3. The molecule has 0 saturated heterocycles. The normalized spacial score (nSPS) is 10.6. The first-order valence-corrected chi connectivity index (χ1v) is 9.55. The first-order chi connectivity index (χ1) is 14.5. The molecule has 2 amide bonds. The minimum Gasteiger partial charge on any atom is -0.352 e. The lowest BCUT2D eigenvalue weighted by atomic mass is 10.1. The highest BCUT2D eigenvalue weighted by Gasteiger charge is 2.12. The van der Waals surface area contributed by atoms with Crippen molar-refractivity contribution in [3.05, 3.63) is 89.5 Å². The number of nitrogens with one attached hydrogen (secondary N) is 2. The van der Waals surface area contributed by atoms with Crippen molar-refractivity contribution in [2.75, 3.05) is 6.54 Å². The Hall–Kier alpha value is -3.55. The number of benzene rings is 2. The van der Waals surface area contributed by atoms with E-state index in [9.17, 15) is 18.4 Å². The third-order valence-electron chi connectivity index (χ3n) is 4.55. The van der Waals surface area contributed by atoms with E-state index in [-0.39, 0.29) is 24.4 Å². The van der Waals surface area contributed by atoms with Gasteiger partial charge in [0, 0.05) is 44.5 Å². The summed E-state index contributed by atoms with van der Waals surface area (Å²) in [6.07, 6.45) is 5.95. The van der Waals surface area contributed by atoms with Crippen molar-refractivity contribution in [3.63, 3.8) is 0 Å². The van der Waals surface area contributed by atoms with Gasteiger partial charge in [0.05, 0.1) is 11.9 Å². The fraction of sp³-hybridized carbons (Fsp3) is 0.227. The van der Waals surface area contributed by atoms with Crippen LogP contribution in [0.1, 0.15) is 34.3 Å².